The van der Waals surface area contributed by atoms with Gasteiger partial charge in [-0.2, -0.15) is 8.78 Å². The molecular formula is C11H21F2O3PS. The molecule has 3 nitrogen and oxygen atoms in total. The van der Waals surface area contributed by atoms with Crippen molar-refractivity contribution < 1.29 is 22.6 Å². The molecule has 0 saturated heterocycles. The van der Waals surface area contributed by atoms with Crippen LogP contribution in [0.3, 0.4) is 0 Å². The second-order valence-electron chi connectivity index (χ2n) is 3.45. The fourth-order valence-electron chi connectivity index (χ4n) is 1.07. The minimum atomic E-state index is -3.64. The number of halogens is 2. The maximum Gasteiger partial charge on any atom is 0.342 e. The van der Waals surface area contributed by atoms with E-state index in [4.69, 9.17) is 25.6 Å². The molecular weight excluding hydrogens is 281 g/mol. The van der Waals surface area contributed by atoms with Crippen molar-refractivity contribution in [3.05, 3.63) is 12.3 Å². The molecule has 0 radical (unpaired) electrons. The molecule has 0 rings (SSSR count). The van der Waals surface area contributed by atoms with E-state index in [9.17, 15) is 8.78 Å². The standard InChI is InChI=1S/C11H21F2O3PS/c1-4-7-9-14-10-8-11(12,13)17(18,15-5-2)16-6-3/h8,10H,4-7,9H2,1-3H3/b10-8+. The zero-order valence-electron chi connectivity index (χ0n) is 11.0. The molecule has 0 aliphatic carbocycles. The van der Waals surface area contributed by atoms with Gasteiger partial charge in [-0.15, -0.1) is 0 Å². The van der Waals surface area contributed by atoms with Gasteiger partial charge >= 0.3 is 5.66 Å². The van der Waals surface area contributed by atoms with Crippen molar-refractivity contribution >= 4 is 18.3 Å². The van der Waals surface area contributed by atoms with Crippen molar-refractivity contribution in [2.75, 3.05) is 19.8 Å². The van der Waals surface area contributed by atoms with Gasteiger partial charge in [-0.1, -0.05) is 13.3 Å². The SMILES string of the molecule is CCCCO/C=C/C(F)(F)P(=S)(OCC)OCC. The molecule has 0 heterocycles. The number of unbranched alkanes of at least 4 members (excludes halogenated alkanes) is 1. The molecule has 0 bridgehead atoms. The highest BCUT2D eigenvalue weighted by Crippen LogP contribution is 2.62. The number of ether oxygens (including phenoxy) is 1. The summed E-state index contributed by atoms with van der Waals surface area (Å²) >= 11 is 4.85. The highest BCUT2D eigenvalue weighted by atomic mass is 32.5. The van der Waals surface area contributed by atoms with Crippen LogP contribution in [0.5, 0.6) is 0 Å². The summed E-state index contributed by atoms with van der Waals surface area (Å²) in [7, 11) is 0. The number of alkyl halides is 2. The Balaban J connectivity index is 4.58. The number of rotatable bonds is 10. The molecule has 0 aromatic rings. The third kappa shape index (κ3) is 5.74. The first-order chi connectivity index (χ1) is 8.43. The van der Waals surface area contributed by atoms with Gasteiger partial charge in [0.05, 0.1) is 26.1 Å². The Bertz CT molecular complexity index is 288. The highest BCUT2D eigenvalue weighted by Gasteiger charge is 2.46. The summed E-state index contributed by atoms with van der Waals surface area (Å²) in [6.07, 6.45) is 3.38. The molecule has 0 unspecified atom stereocenters. The quantitative estimate of drug-likeness (QED) is 0.342. The topological polar surface area (TPSA) is 27.7 Å². The maximum absolute atomic E-state index is 13.9. The van der Waals surface area contributed by atoms with Crippen LogP contribution in [0.15, 0.2) is 12.3 Å². The normalized spacial score (nSPS) is 13.2. The molecule has 18 heavy (non-hydrogen) atoms. The molecule has 0 aliphatic heterocycles. The third-order valence-electron chi connectivity index (χ3n) is 1.94. The van der Waals surface area contributed by atoms with Crippen molar-refractivity contribution in [3.8, 4) is 0 Å². The molecule has 7 heteroatoms. The van der Waals surface area contributed by atoms with E-state index >= 15 is 0 Å². The lowest BCUT2D eigenvalue weighted by molar-refractivity contribution is 0.0989. The van der Waals surface area contributed by atoms with Gasteiger partial charge in [0.25, 0.3) is 6.49 Å². The van der Waals surface area contributed by atoms with Crippen molar-refractivity contribution in [2.45, 2.75) is 39.3 Å². The summed E-state index contributed by atoms with van der Waals surface area (Å²) in [6, 6.07) is 0. The van der Waals surface area contributed by atoms with Crippen LogP contribution in [-0.2, 0) is 25.6 Å². The predicted octanol–water partition coefficient (Wildman–Crippen LogP) is 4.29. The van der Waals surface area contributed by atoms with E-state index in [2.05, 4.69) is 0 Å². The minimum absolute atomic E-state index is 0.0946. The van der Waals surface area contributed by atoms with Crippen molar-refractivity contribution in [3.63, 3.8) is 0 Å². The van der Waals surface area contributed by atoms with Crippen LogP contribution < -0.4 is 0 Å². The van der Waals surface area contributed by atoms with E-state index in [-0.39, 0.29) is 13.2 Å². The number of hydrogen-bond donors (Lipinski definition) is 0. The Morgan fingerprint density at radius 2 is 1.72 bits per heavy atom. The summed E-state index contributed by atoms with van der Waals surface area (Å²) < 4.78 is 42.6. The molecule has 0 aromatic heterocycles. The van der Waals surface area contributed by atoms with Gasteiger partial charge in [0.15, 0.2) is 0 Å². The molecule has 0 N–H and O–H groups in total. The Labute approximate surface area is 113 Å². The Morgan fingerprint density at radius 1 is 1.17 bits per heavy atom. The lowest BCUT2D eigenvalue weighted by Gasteiger charge is -2.26. The van der Waals surface area contributed by atoms with Crippen molar-refractivity contribution in [1.29, 1.82) is 0 Å². The Kier molecular flexibility index (Phi) is 8.95. The fraction of sp³-hybridized carbons (Fsp3) is 0.818. The van der Waals surface area contributed by atoms with Crippen LogP contribution in [0.25, 0.3) is 0 Å². The van der Waals surface area contributed by atoms with Crippen LogP contribution in [0.2, 0.25) is 0 Å². The van der Waals surface area contributed by atoms with Crippen LogP contribution in [-0.4, -0.2) is 25.5 Å². The third-order valence-corrected chi connectivity index (χ3v) is 5.38. The first-order valence-electron chi connectivity index (χ1n) is 5.99. The van der Waals surface area contributed by atoms with Gasteiger partial charge in [-0.25, -0.2) is 0 Å². The molecule has 0 saturated carbocycles. The average molecular weight is 302 g/mol. The van der Waals surface area contributed by atoms with Crippen LogP contribution in [0.4, 0.5) is 8.78 Å². The molecule has 0 atom stereocenters. The van der Waals surface area contributed by atoms with Gasteiger partial charge < -0.3 is 13.8 Å². The molecule has 0 fully saturated rings. The lowest BCUT2D eigenvalue weighted by Crippen LogP contribution is -2.17. The highest BCUT2D eigenvalue weighted by molar-refractivity contribution is 8.10. The molecule has 0 amide bonds. The summed E-state index contributed by atoms with van der Waals surface area (Å²) in [5.74, 6) is 0. The summed E-state index contributed by atoms with van der Waals surface area (Å²) in [6.45, 7) is 2.17. The zero-order chi connectivity index (χ0) is 14.1. The lowest BCUT2D eigenvalue weighted by atomic mass is 10.4. The smallest absolute Gasteiger partial charge is 0.342 e. The molecule has 108 valence electrons. The van der Waals surface area contributed by atoms with E-state index in [0.29, 0.717) is 12.7 Å². The minimum Gasteiger partial charge on any atom is -0.501 e. The predicted molar refractivity (Wildman–Crippen MR) is 72.5 cm³/mol. The van der Waals surface area contributed by atoms with Gasteiger partial charge in [-0.3, -0.25) is 0 Å². The van der Waals surface area contributed by atoms with Crippen molar-refractivity contribution in [1.82, 2.24) is 0 Å². The monoisotopic (exact) mass is 302 g/mol. The van der Waals surface area contributed by atoms with Gasteiger partial charge in [0.2, 0.25) is 0 Å². The van der Waals surface area contributed by atoms with Crippen LogP contribution in [0.1, 0.15) is 33.6 Å². The fourth-order valence-corrected chi connectivity index (χ4v) is 3.22. The van der Waals surface area contributed by atoms with Gasteiger partial charge in [0.1, 0.15) is 0 Å². The average Bonchev–Trinajstić information content (AvgIpc) is 2.29. The molecule has 0 aromatic carbocycles. The van der Waals surface area contributed by atoms with Crippen LogP contribution in [0, 0.1) is 0 Å². The number of hydrogen-bond acceptors (Lipinski definition) is 4. The zero-order valence-corrected chi connectivity index (χ0v) is 12.7. The molecule has 0 aliphatic rings. The largest absolute Gasteiger partial charge is 0.501 e. The molecule has 0 spiro atoms. The maximum atomic E-state index is 13.9. The summed E-state index contributed by atoms with van der Waals surface area (Å²) in [5.41, 5.74) is -3.32. The van der Waals surface area contributed by atoms with Crippen LogP contribution >= 0.6 is 6.49 Å². The van der Waals surface area contributed by atoms with Gasteiger partial charge in [0, 0.05) is 6.08 Å². The Morgan fingerprint density at radius 3 is 2.17 bits per heavy atom. The Hall–Kier alpha value is -0.0300. The second kappa shape index (κ2) is 8.97. The van der Waals surface area contributed by atoms with E-state index in [1.165, 1.54) is 0 Å². The van der Waals surface area contributed by atoms with E-state index < -0.39 is 12.2 Å². The van der Waals surface area contributed by atoms with E-state index in [0.717, 1.165) is 19.1 Å². The first kappa shape index (κ1) is 18.0. The number of allylic oxidation sites excluding steroid dienone is 1. The van der Waals surface area contributed by atoms with Gasteiger partial charge in [-0.05, 0) is 32.1 Å². The van der Waals surface area contributed by atoms with E-state index in [1.807, 2.05) is 6.92 Å². The second-order valence-corrected chi connectivity index (χ2v) is 7.00. The van der Waals surface area contributed by atoms with Crippen molar-refractivity contribution in [2.24, 2.45) is 0 Å². The summed E-state index contributed by atoms with van der Waals surface area (Å²) in [5, 5.41) is 0. The first-order valence-corrected chi connectivity index (χ1v) is 8.63. The summed E-state index contributed by atoms with van der Waals surface area (Å²) in [4.78, 5) is 0. The van der Waals surface area contributed by atoms with E-state index in [1.54, 1.807) is 13.8 Å².